The highest BCUT2D eigenvalue weighted by atomic mass is 35.5. The van der Waals surface area contributed by atoms with Crippen LogP contribution in [-0.2, 0) is 9.53 Å². The van der Waals surface area contributed by atoms with Gasteiger partial charge in [0.25, 0.3) is 5.56 Å². The first-order valence-electron chi connectivity index (χ1n) is 10.5. The van der Waals surface area contributed by atoms with Crippen molar-refractivity contribution in [1.29, 1.82) is 0 Å². The maximum Gasteiger partial charge on any atom is 0.338 e. The summed E-state index contributed by atoms with van der Waals surface area (Å²) in [4.78, 5) is 31.8. The quantitative estimate of drug-likeness (QED) is 0.468. The minimum atomic E-state index is -0.711. The van der Waals surface area contributed by atoms with E-state index < -0.39 is 12.0 Å². The van der Waals surface area contributed by atoms with E-state index >= 15 is 0 Å². The van der Waals surface area contributed by atoms with Gasteiger partial charge in [-0.25, -0.2) is 9.79 Å². The van der Waals surface area contributed by atoms with E-state index in [1.807, 2.05) is 12.1 Å². The number of thiazole rings is 1. The Labute approximate surface area is 210 Å². The first-order valence-corrected chi connectivity index (χ1v) is 12.1. The summed E-state index contributed by atoms with van der Waals surface area (Å²) < 4.78 is 12.7. The van der Waals surface area contributed by atoms with Gasteiger partial charge in [0, 0.05) is 15.6 Å². The van der Waals surface area contributed by atoms with Gasteiger partial charge in [0.2, 0.25) is 0 Å². The maximum atomic E-state index is 13.6. The minimum absolute atomic E-state index is 0.303. The summed E-state index contributed by atoms with van der Waals surface area (Å²) in [5.41, 5.74) is 1.79. The molecule has 0 bridgehead atoms. The smallest absolute Gasteiger partial charge is 0.338 e. The van der Waals surface area contributed by atoms with Gasteiger partial charge in [-0.3, -0.25) is 9.36 Å². The molecule has 0 spiro atoms. The monoisotopic (exact) mass is 516 g/mol. The van der Waals surface area contributed by atoms with Gasteiger partial charge in [-0.05, 0) is 56.7 Å². The number of rotatable bonds is 5. The average molecular weight is 517 g/mol. The number of benzene rings is 2. The molecule has 0 N–H and O–H groups in total. The van der Waals surface area contributed by atoms with Crippen molar-refractivity contribution in [3.05, 3.63) is 94.6 Å². The molecule has 1 unspecified atom stereocenters. The molecule has 0 aliphatic carbocycles. The van der Waals surface area contributed by atoms with Gasteiger partial charge in [-0.15, -0.1) is 0 Å². The molecule has 3 aromatic rings. The zero-order valence-electron chi connectivity index (χ0n) is 19.0. The van der Waals surface area contributed by atoms with Crippen LogP contribution in [0.4, 0.5) is 0 Å². The number of ether oxygens (including phenoxy) is 2. The fourth-order valence-electron chi connectivity index (χ4n) is 3.74. The standard InChI is InChI=1S/C25H22Cl2N2O4S/c1-13(2)33-24(31)21-14(3)28-25-29(22(21)15-8-10-16(32-4)11-9-15)23(30)20(34-25)12-17-18(26)6-5-7-19(17)27/h5-13,22H,1-4H3. The van der Waals surface area contributed by atoms with E-state index in [1.165, 1.54) is 15.9 Å². The Morgan fingerprint density at radius 2 is 1.79 bits per heavy atom. The first kappa shape index (κ1) is 24.3. The van der Waals surface area contributed by atoms with Crippen LogP contribution in [0.15, 0.2) is 63.5 Å². The van der Waals surface area contributed by atoms with Gasteiger partial charge in [0.15, 0.2) is 4.80 Å². The zero-order chi connectivity index (χ0) is 24.6. The lowest BCUT2D eigenvalue weighted by Gasteiger charge is -2.25. The van der Waals surface area contributed by atoms with Gasteiger partial charge in [-0.1, -0.05) is 52.7 Å². The van der Waals surface area contributed by atoms with Crippen molar-refractivity contribution in [1.82, 2.24) is 4.57 Å². The number of carbonyl (C=O) groups excluding carboxylic acids is 1. The van der Waals surface area contributed by atoms with Crippen LogP contribution < -0.4 is 19.6 Å². The van der Waals surface area contributed by atoms with Crippen LogP contribution in [0.25, 0.3) is 6.08 Å². The Hall–Kier alpha value is -2.87. The molecule has 6 nitrogen and oxygen atoms in total. The van der Waals surface area contributed by atoms with E-state index in [1.54, 1.807) is 64.3 Å². The largest absolute Gasteiger partial charge is 0.497 e. The Kier molecular flexibility index (Phi) is 6.98. The van der Waals surface area contributed by atoms with E-state index in [9.17, 15) is 9.59 Å². The van der Waals surface area contributed by atoms with Gasteiger partial charge < -0.3 is 9.47 Å². The van der Waals surface area contributed by atoms with E-state index in [0.29, 0.717) is 42.0 Å². The van der Waals surface area contributed by atoms with Crippen LogP contribution in [0.3, 0.4) is 0 Å². The van der Waals surface area contributed by atoms with Crippen LogP contribution >= 0.6 is 34.5 Å². The fourth-order valence-corrected chi connectivity index (χ4v) is 5.28. The van der Waals surface area contributed by atoms with Crippen molar-refractivity contribution < 1.29 is 14.3 Å². The molecule has 4 rings (SSSR count). The van der Waals surface area contributed by atoms with Crippen LogP contribution in [0.1, 0.15) is 37.9 Å². The molecule has 1 aromatic heterocycles. The second kappa shape index (κ2) is 9.78. The summed E-state index contributed by atoms with van der Waals surface area (Å²) in [6.45, 7) is 5.30. The molecule has 0 fully saturated rings. The molecule has 2 heterocycles. The van der Waals surface area contributed by atoms with Gasteiger partial charge in [0.1, 0.15) is 5.75 Å². The molecule has 1 aliphatic rings. The van der Waals surface area contributed by atoms with E-state index in [-0.39, 0.29) is 11.7 Å². The van der Waals surface area contributed by atoms with Crippen LogP contribution in [0, 0.1) is 0 Å². The molecule has 1 atom stereocenters. The lowest BCUT2D eigenvalue weighted by Crippen LogP contribution is -2.40. The molecular formula is C25H22Cl2N2O4S. The summed E-state index contributed by atoms with van der Waals surface area (Å²) >= 11 is 13.9. The average Bonchev–Trinajstić information content (AvgIpc) is 3.09. The Bertz CT molecular complexity index is 1450. The third-order valence-electron chi connectivity index (χ3n) is 5.29. The Balaban J connectivity index is 1.97. The van der Waals surface area contributed by atoms with Gasteiger partial charge >= 0.3 is 5.97 Å². The molecule has 176 valence electrons. The van der Waals surface area contributed by atoms with Crippen LogP contribution in [0.5, 0.6) is 5.75 Å². The summed E-state index contributed by atoms with van der Waals surface area (Å²) in [5, 5.41) is 0.866. The number of hydrogen-bond donors (Lipinski definition) is 0. The predicted octanol–water partition coefficient (Wildman–Crippen LogP) is 4.50. The summed E-state index contributed by atoms with van der Waals surface area (Å²) in [7, 11) is 1.58. The number of fused-ring (bicyclic) bond motifs is 1. The number of methoxy groups -OCH3 is 1. The zero-order valence-corrected chi connectivity index (χ0v) is 21.3. The molecule has 0 amide bonds. The van der Waals surface area contributed by atoms with Crippen molar-refractivity contribution in [3.63, 3.8) is 0 Å². The van der Waals surface area contributed by atoms with Gasteiger partial charge in [0.05, 0.1) is 35.1 Å². The molecular weight excluding hydrogens is 495 g/mol. The minimum Gasteiger partial charge on any atom is -0.497 e. The SMILES string of the molecule is COc1ccc(C2C(C(=O)OC(C)C)=C(C)N=c3sc(=Cc4c(Cl)cccc4Cl)c(=O)n32)cc1. The normalized spacial score (nSPS) is 15.9. The second-order valence-electron chi connectivity index (χ2n) is 7.94. The molecule has 9 heteroatoms. The lowest BCUT2D eigenvalue weighted by molar-refractivity contribution is -0.143. The van der Waals surface area contributed by atoms with E-state index in [2.05, 4.69) is 4.99 Å². The van der Waals surface area contributed by atoms with Crippen molar-refractivity contribution >= 4 is 46.6 Å². The summed E-state index contributed by atoms with van der Waals surface area (Å²) in [6, 6.07) is 11.7. The third kappa shape index (κ3) is 4.56. The third-order valence-corrected chi connectivity index (χ3v) is 6.93. The molecule has 0 saturated carbocycles. The topological polar surface area (TPSA) is 69.9 Å². The number of allylic oxidation sites excluding steroid dienone is 1. The second-order valence-corrected chi connectivity index (χ2v) is 9.77. The highest BCUT2D eigenvalue weighted by Gasteiger charge is 2.33. The molecule has 1 aliphatic heterocycles. The predicted molar refractivity (Wildman–Crippen MR) is 134 cm³/mol. The van der Waals surface area contributed by atoms with Crippen molar-refractivity contribution in [3.8, 4) is 5.75 Å². The maximum absolute atomic E-state index is 13.6. The number of hydrogen-bond acceptors (Lipinski definition) is 6. The Morgan fingerprint density at radius 3 is 2.38 bits per heavy atom. The number of carbonyl (C=O) groups is 1. The first-order chi connectivity index (χ1) is 16.2. The highest BCUT2D eigenvalue weighted by Crippen LogP contribution is 2.32. The molecule has 0 radical (unpaired) electrons. The molecule has 34 heavy (non-hydrogen) atoms. The summed E-state index contributed by atoms with van der Waals surface area (Å²) in [6.07, 6.45) is 1.33. The van der Waals surface area contributed by atoms with Crippen LogP contribution in [0.2, 0.25) is 10.0 Å². The van der Waals surface area contributed by atoms with Crippen molar-refractivity contribution in [2.75, 3.05) is 7.11 Å². The number of esters is 1. The highest BCUT2D eigenvalue weighted by molar-refractivity contribution is 7.07. The van der Waals surface area contributed by atoms with Gasteiger partial charge in [-0.2, -0.15) is 0 Å². The molecule has 2 aromatic carbocycles. The lowest BCUT2D eigenvalue weighted by atomic mass is 9.96. The van der Waals surface area contributed by atoms with E-state index in [4.69, 9.17) is 32.7 Å². The number of halogens is 2. The number of aromatic nitrogens is 1. The van der Waals surface area contributed by atoms with Crippen molar-refractivity contribution in [2.24, 2.45) is 4.99 Å². The Morgan fingerprint density at radius 1 is 1.15 bits per heavy atom. The summed E-state index contributed by atoms with van der Waals surface area (Å²) in [5.74, 6) is 0.150. The van der Waals surface area contributed by atoms with Crippen LogP contribution in [-0.4, -0.2) is 23.8 Å². The fraction of sp³-hybridized carbons (Fsp3) is 0.240. The molecule has 0 saturated heterocycles. The van der Waals surface area contributed by atoms with Crippen molar-refractivity contribution in [2.45, 2.75) is 32.9 Å². The number of nitrogens with zero attached hydrogens (tertiary/aromatic N) is 2. The van der Waals surface area contributed by atoms with E-state index in [0.717, 1.165) is 5.56 Å².